The molecule has 4 N–H and O–H groups in total. The molecule has 0 spiro atoms. The summed E-state index contributed by atoms with van der Waals surface area (Å²) in [7, 11) is 0. The van der Waals surface area contributed by atoms with E-state index < -0.39 is 6.04 Å². The van der Waals surface area contributed by atoms with E-state index in [-0.39, 0.29) is 17.7 Å². The minimum atomic E-state index is -0.509. The number of rotatable bonds is 7. The van der Waals surface area contributed by atoms with Gasteiger partial charge in [0.1, 0.15) is 0 Å². The zero-order chi connectivity index (χ0) is 15.8. The van der Waals surface area contributed by atoms with Gasteiger partial charge in [0.15, 0.2) is 0 Å². The third-order valence-corrected chi connectivity index (χ3v) is 3.52. The lowest BCUT2D eigenvalue weighted by atomic mass is 9.99. The molecule has 1 rings (SSSR count). The third kappa shape index (κ3) is 5.55. The molecule has 0 saturated heterocycles. The molecule has 2 unspecified atom stereocenters. The first-order valence-electron chi connectivity index (χ1n) is 7.40. The van der Waals surface area contributed by atoms with Crippen molar-refractivity contribution in [3.05, 3.63) is 29.8 Å². The lowest BCUT2D eigenvalue weighted by Gasteiger charge is -2.17. The fourth-order valence-corrected chi connectivity index (χ4v) is 1.89. The van der Waals surface area contributed by atoms with Crippen molar-refractivity contribution in [1.29, 1.82) is 0 Å². The van der Waals surface area contributed by atoms with Crippen molar-refractivity contribution in [2.24, 2.45) is 11.7 Å². The first-order chi connectivity index (χ1) is 9.97. The molecule has 1 aromatic rings. The number of nitrogens with two attached hydrogens (primary N) is 1. The topological polar surface area (TPSA) is 84.2 Å². The molecule has 21 heavy (non-hydrogen) atoms. The fourth-order valence-electron chi connectivity index (χ4n) is 1.89. The Morgan fingerprint density at radius 1 is 1.19 bits per heavy atom. The summed E-state index contributed by atoms with van der Waals surface area (Å²) in [6.07, 6.45) is 1.20. The van der Waals surface area contributed by atoms with Gasteiger partial charge in [0.25, 0.3) is 0 Å². The van der Waals surface area contributed by atoms with E-state index >= 15 is 0 Å². The van der Waals surface area contributed by atoms with Crippen molar-refractivity contribution in [3.63, 3.8) is 0 Å². The monoisotopic (exact) mass is 291 g/mol. The third-order valence-electron chi connectivity index (χ3n) is 3.52. The van der Waals surface area contributed by atoms with Crippen LogP contribution >= 0.6 is 0 Å². The number of anilines is 1. The van der Waals surface area contributed by atoms with Gasteiger partial charge in [-0.15, -0.1) is 0 Å². The van der Waals surface area contributed by atoms with E-state index in [2.05, 4.69) is 10.6 Å². The maximum atomic E-state index is 12.0. The van der Waals surface area contributed by atoms with Gasteiger partial charge in [-0.2, -0.15) is 0 Å². The van der Waals surface area contributed by atoms with Crippen LogP contribution in [-0.4, -0.2) is 24.4 Å². The van der Waals surface area contributed by atoms with E-state index in [1.54, 1.807) is 12.1 Å². The lowest BCUT2D eigenvalue weighted by Crippen LogP contribution is -2.40. The number of hydrogen-bond acceptors (Lipinski definition) is 3. The standard InChI is InChI=1S/C16H25N3O2/c1-4-11(3)15(17)16(21)19-13-8-6-12(7-9-13)10-14(20)18-5-2/h6-9,11,15H,4-5,10,17H2,1-3H3,(H,18,20)(H,19,21). The Bertz CT molecular complexity index is 471. The first kappa shape index (κ1) is 17.2. The second-order valence-electron chi connectivity index (χ2n) is 5.23. The Morgan fingerprint density at radius 2 is 1.81 bits per heavy atom. The van der Waals surface area contributed by atoms with Crippen LogP contribution in [-0.2, 0) is 16.0 Å². The molecule has 0 radical (unpaired) electrons. The van der Waals surface area contributed by atoms with Gasteiger partial charge in [-0.05, 0) is 30.5 Å². The highest BCUT2D eigenvalue weighted by Crippen LogP contribution is 2.12. The number of nitrogens with one attached hydrogen (secondary N) is 2. The number of hydrogen-bond donors (Lipinski definition) is 3. The maximum absolute atomic E-state index is 12.0. The van der Waals surface area contributed by atoms with Gasteiger partial charge in [-0.3, -0.25) is 9.59 Å². The van der Waals surface area contributed by atoms with E-state index in [0.29, 0.717) is 18.7 Å². The summed E-state index contributed by atoms with van der Waals surface area (Å²) < 4.78 is 0. The van der Waals surface area contributed by atoms with Crippen LogP contribution in [0.25, 0.3) is 0 Å². The molecule has 2 atom stereocenters. The molecule has 116 valence electrons. The molecule has 5 nitrogen and oxygen atoms in total. The van der Waals surface area contributed by atoms with Crippen molar-refractivity contribution in [3.8, 4) is 0 Å². The number of amides is 2. The van der Waals surface area contributed by atoms with Crippen molar-refractivity contribution in [1.82, 2.24) is 5.32 Å². The molecule has 0 fully saturated rings. The van der Waals surface area contributed by atoms with Crippen molar-refractivity contribution < 1.29 is 9.59 Å². The van der Waals surface area contributed by atoms with Gasteiger partial charge in [-0.25, -0.2) is 0 Å². The minimum absolute atomic E-state index is 0.00641. The van der Waals surface area contributed by atoms with Crippen LogP contribution in [0.15, 0.2) is 24.3 Å². The Balaban J connectivity index is 2.58. The van der Waals surface area contributed by atoms with Gasteiger partial charge in [0.2, 0.25) is 11.8 Å². The number of benzene rings is 1. The van der Waals surface area contributed by atoms with Crippen molar-refractivity contribution >= 4 is 17.5 Å². The van der Waals surface area contributed by atoms with E-state index in [4.69, 9.17) is 5.73 Å². The quantitative estimate of drug-likeness (QED) is 0.714. The zero-order valence-electron chi connectivity index (χ0n) is 13.0. The Hall–Kier alpha value is -1.88. The van der Waals surface area contributed by atoms with E-state index in [1.807, 2.05) is 32.9 Å². The molecule has 0 aliphatic rings. The van der Waals surface area contributed by atoms with Crippen LogP contribution in [0.4, 0.5) is 5.69 Å². The Morgan fingerprint density at radius 3 is 2.33 bits per heavy atom. The SMILES string of the molecule is CCNC(=O)Cc1ccc(NC(=O)C(N)C(C)CC)cc1. The van der Waals surface area contributed by atoms with Gasteiger partial charge in [0, 0.05) is 12.2 Å². The molecule has 2 amide bonds. The summed E-state index contributed by atoms with van der Waals surface area (Å²) in [5, 5.41) is 5.55. The predicted molar refractivity (Wildman–Crippen MR) is 84.9 cm³/mol. The summed E-state index contributed by atoms with van der Waals surface area (Å²) in [4.78, 5) is 23.4. The average molecular weight is 291 g/mol. The highest BCUT2D eigenvalue weighted by atomic mass is 16.2. The maximum Gasteiger partial charge on any atom is 0.241 e. The van der Waals surface area contributed by atoms with Gasteiger partial charge >= 0.3 is 0 Å². The second kappa shape index (κ2) is 8.42. The normalized spacial score (nSPS) is 13.3. The van der Waals surface area contributed by atoms with Crippen LogP contribution < -0.4 is 16.4 Å². The summed E-state index contributed by atoms with van der Waals surface area (Å²) in [5.41, 5.74) is 7.48. The van der Waals surface area contributed by atoms with E-state index in [1.165, 1.54) is 0 Å². The smallest absolute Gasteiger partial charge is 0.241 e. The zero-order valence-corrected chi connectivity index (χ0v) is 13.0. The minimum Gasteiger partial charge on any atom is -0.356 e. The van der Waals surface area contributed by atoms with Crippen LogP contribution in [0.1, 0.15) is 32.8 Å². The molecular weight excluding hydrogens is 266 g/mol. The highest BCUT2D eigenvalue weighted by Gasteiger charge is 2.19. The lowest BCUT2D eigenvalue weighted by molar-refractivity contribution is -0.120. The molecule has 0 aliphatic heterocycles. The molecule has 0 aromatic heterocycles. The molecule has 0 aliphatic carbocycles. The average Bonchev–Trinajstić information content (AvgIpc) is 2.47. The summed E-state index contributed by atoms with van der Waals surface area (Å²) in [6.45, 7) is 6.48. The summed E-state index contributed by atoms with van der Waals surface area (Å²) in [6, 6.07) is 6.73. The number of likely N-dealkylation sites (N-methyl/N-ethyl adjacent to an activating group) is 1. The van der Waals surface area contributed by atoms with Crippen LogP contribution in [0.2, 0.25) is 0 Å². The number of carbonyl (C=O) groups is 2. The van der Waals surface area contributed by atoms with Crippen LogP contribution in [0, 0.1) is 5.92 Å². The largest absolute Gasteiger partial charge is 0.356 e. The highest BCUT2D eigenvalue weighted by molar-refractivity contribution is 5.94. The molecular formula is C16H25N3O2. The Labute approximate surface area is 126 Å². The van der Waals surface area contributed by atoms with Crippen molar-refractivity contribution in [2.45, 2.75) is 39.7 Å². The summed E-state index contributed by atoms with van der Waals surface area (Å²) in [5.74, 6) is -0.0454. The first-order valence-corrected chi connectivity index (χ1v) is 7.40. The summed E-state index contributed by atoms with van der Waals surface area (Å²) >= 11 is 0. The predicted octanol–water partition coefficient (Wildman–Crippen LogP) is 1.68. The van der Waals surface area contributed by atoms with Crippen LogP contribution in [0.5, 0.6) is 0 Å². The molecule has 1 aromatic carbocycles. The van der Waals surface area contributed by atoms with Gasteiger partial charge in [0.05, 0.1) is 12.5 Å². The van der Waals surface area contributed by atoms with E-state index in [9.17, 15) is 9.59 Å². The second-order valence-corrected chi connectivity index (χ2v) is 5.23. The molecule has 5 heteroatoms. The fraction of sp³-hybridized carbons (Fsp3) is 0.500. The van der Waals surface area contributed by atoms with Gasteiger partial charge < -0.3 is 16.4 Å². The molecule has 0 heterocycles. The van der Waals surface area contributed by atoms with Crippen molar-refractivity contribution in [2.75, 3.05) is 11.9 Å². The van der Waals surface area contributed by atoms with E-state index in [0.717, 1.165) is 12.0 Å². The molecule has 0 saturated carbocycles. The molecule has 0 bridgehead atoms. The number of carbonyl (C=O) groups excluding carboxylic acids is 2. The van der Waals surface area contributed by atoms with Crippen LogP contribution in [0.3, 0.4) is 0 Å². The Kier molecular flexibility index (Phi) is 6.88. The van der Waals surface area contributed by atoms with Gasteiger partial charge in [-0.1, -0.05) is 32.4 Å².